The normalized spacial score (nSPS) is 11.6. The second-order valence-electron chi connectivity index (χ2n) is 6.81. The van der Waals surface area contributed by atoms with E-state index in [4.69, 9.17) is 11.6 Å². The molecule has 3 aromatic rings. The molecule has 0 spiro atoms. The number of non-ortho nitro benzene ring substituents is 1. The smallest absolute Gasteiger partial charge is 0.269 e. The number of amides is 1. The SMILES string of the molecule is C/C(=N/NC(=O)CN(c1ccccc1Cl)S(=O)(=O)c1ccccc1)c1ccc([N+](=O)[O-])cc1. The third-order valence-electron chi connectivity index (χ3n) is 4.58. The number of carbonyl (C=O) groups is 1. The van der Waals surface area contributed by atoms with Gasteiger partial charge in [0, 0.05) is 12.1 Å². The number of halogens is 1. The summed E-state index contributed by atoms with van der Waals surface area (Å²) in [5.74, 6) is -0.698. The van der Waals surface area contributed by atoms with Crippen molar-refractivity contribution in [1.29, 1.82) is 0 Å². The van der Waals surface area contributed by atoms with Crippen LogP contribution in [0.1, 0.15) is 12.5 Å². The molecule has 0 heterocycles. The van der Waals surface area contributed by atoms with Crippen molar-refractivity contribution in [2.24, 2.45) is 5.10 Å². The monoisotopic (exact) mass is 486 g/mol. The number of hydrogen-bond donors (Lipinski definition) is 1. The Balaban J connectivity index is 1.84. The zero-order valence-electron chi connectivity index (χ0n) is 17.4. The van der Waals surface area contributed by atoms with Gasteiger partial charge in [0.15, 0.2) is 0 Å². The average Bonchev–Trinajstić information content (AvgIpc) is 2.82. The maximum absolute atomic E-state index is 13.3. The molecule has 0 saturated heterocycles. The Morgan fingerprint density at radius 3 is 2.24 bits per heavy atom. The Kier molecular flexibility index (Phi) is 7.41. The van der Waals surface area contributed by atoms with E-state index in [2.05, 4.69) is 10.5 Å². The van der Waals surface area contributed by atoms with Crippen LogP contribution in [0, 0.1) is 10.1 Å². The number of rotatable bonds is 8. The van der Waals surface area contributed by atoms with Gasteiger partial charge in [0.05, 0.1) is 26.2 Å². The fourth-order valence-corrected chi connectivity index (χ4v) is 4.62. The number of sulfonamides is 1. The Morgan fingerprint density at radius 1 is 1.03 bits per heavy atom. The van der Waals surface area contributed by atoms with Crippen molar-refractivity contribution in [3.8, 4) is 0 Å². The minimum absolute atomic E-state index is 0.00304. The van der Waals surface area contributed by atoms with Crippen LogP contribution in [-0.4, -0.2) is 31.5 Å². The average molecular weight is 487 g/mol. The summed E-state index contributed by atoms with van der Waals surface area (Å²) in [5.41, 5.74) is 3.34. The highest BCUT2D eigenvalue weighted by molar-refractivity contribution is 7.92. The van der Waals surface area contributed by atoms with E-state index in [9.17, 15) is 23.3 Å². The van der Waals surface area contributed by atoms with Gasteiger partial charge in [-0.1, -0.05) is 41.9 Å². The molecule has 11 heteroatoms. The molecule has 33 heavy (non-hydrogen) atoms. The number of nitrogens with zero attached hydrogens (tertiary/aromatic N) is 3. The molecule has 0 radical (unpaired) electrons. The zero-order chi connectivity index (χ0) is 24.0. The third-order valence-corrected chi connectivity index (χ3v) is 6.68. The first kappa shape index (κ1) is 23.9. The second kappa shape index (κ2) is 10.2. The first-order valence-electron chi connectivity index (χ1n) is 9.60. The van der Waals surface area contributed by atoms with E-state index in [0.29, 0.717) is 11.3 Å². The van der Waals surface area contributed by atoms with Crippen molar-refractivity contribution >= 4 is 44.6 Å². The Bertz CT molecular complexity index is 1300. The summed E-state index contributed by atoms with van der Waals surface area (Å²) >= 11 is 6.23. The minimum Gasteiger partial charge on any atom is -0.271 e. The summed E-state index contributed by atoms with van der Waals surface area (Å²) in [4.78, 5) is 22.9. The standard InChI is InChI=1S/C22H19ClN4O5S/c1-16(17-11-13-18(14-12-17)27(29)30)24-25-22(28)15-26(21-10-6-5-9-20(21)23)33(31,32)19-7-3-2-4-8-19/h2-14H,15H2,1H3,(H,25,28)/b24-16-. The van der Waals surface area contributed by atoms with Gasteiger partial charge in [0.1, 0.15) is 6.54 Å². The largest absolute Gasteiger partial charge is 0.271 e. The molecule has 0 aliphatic heterocycles. The van der Waals surface area contributed by atoms with E-state index in [1.54, 1.807) is 37.3 Å². The van der Waals surface area contributed by atoms with Crippen molar-refractivity contribution in [3.05, 3.63) is 99.6 Å². The molecule has 1 amide bonds. The van der Waals surface area contributed by atoms with Gasteiger partial charge in [-0.3, -0.25) is 19.2 Å². The van der Waals surface area contributed by atoms with Crippen LogP contribution < -0.4 is 9.73 Å². The van der Waals surface area contributed by atoms with Crippen LogP contribution in [-0.2, 0) is 14.8 Å². The molecule has 9 nitrogen and oxygen atoms in total. The maximum atomic E-state index is 13.3. The molecule has 0 unspecified atom stereocenters. The van der Waals surface area contributed by atoms with Crippen molar-refractivity contribution in [3.63, 3.8) is 0 Å². The number of benzene rings is 3. The summed E-state index contributed by atoms with van der Waals surface area (Å²) in [6.07, 6.45) is 0. The van der Waals surface area contributed by atoms with Gasteiger partial charge in [-0.05, 0) is 48.9 Å². The van der Waals surface area contributed by atoms with Crippen LogP contribution in [0.3, 0.4) is 0 Å². The molecular formula is C22H19ClN4O5S. The molecule has 0 bridgehead atoms. The van der Waals surface area contributed by atoms with Gasteiger partial charge in [-0.15, -0.1) is 0 Å². The fraction of sp³-hybridized carbons (Fsp3) is 0.0909. The van der Waals surface area contributed by atoms with Crippen molar-refractivity contribution < 1.29 is 18.1 Å². The number of nitrogens with one attached hydrogen (secondary N) is 1. The lowest BCUT2D eigenvalue weighted by atomic mass is 10.1. The summed E-state index contributed by atoms with van der Waals surface area (Å²) in [5, 5.41) is 14.9. The van der Waals surface area contributed by atoms with E-state index >= 15 is 0 Å². The highest BCUT2D eigenvalue weighted by Crippen LogP contribution is 2.30. The lowest BCUT2D eigenvalue weighted by Gasteiger charge is -2.24. The first-order chi connectivity index (χ1) is 15.7. The van der Waals surface area contributed by atoms with Crippen LogP contribution in [0.15, 0.2) is 88.9 Å². The van der Waals surface area contributed by atoms with E-state index in [1.807, 2.05) is 0 Å². The molecule has 0 aliphatic carbocycles. The topological polar surface area (TPSA) is 122 Å². The van der Waals surface area contributed by atoms with Crippen LogP contribution in [0.25, 0.3) is 0 Å². The predicted octanol–water partition coefficient (Wildman–Crippen LogP) is 3.98. The molecule has 1 N–H and O–H groups in total. The summed E-state index contributed by atoms with van der Waals surface area (Å²) in [6, 6.07) is 19.6. The zero-order valence-corrected chi connectivity index (χ0v) is 19.0. The van der Waals surface area contributed by atoms with Crippen molar-refractivity contribution in [1.82, 2.24) is 5.43 Å². The van der Waals surface area contributed by atoms with Gasteiger partial charge < -0.3 is 0 Å². The molecule has 0 fully saturated rings. The van der Waals surface area contributed by atoms with Crippen molar-refractivity contribution in [2.75, 3.05) is 10.8 Å². The minimum atomic E-state index is -4.10. The van der Waals surface area contributed by atoms with Crippen LogP contribution in [0.5, 0.6) is 0 Å². The molecule has 170 valence electrons. The first-order valence-corrected chi connectivity index (χ1v) is 11.4. The van der Waals surface area contributed by atoms with E-state index in [1.165, 1.54) is 48.5 Å². The molecule has 3 rings (SSSR count). The Hall–Kier alpha value is -3.76. The van der Waals surface area contributed by atoms with Crippen molar-refractivity contribution in [2.45, 2.75) is 11.8 Å². The lowest BCUT2D eigenvalue weighted by molar-refractivity contribution is -0.384. The highest BCUT2D eigenvalue weighted by atomic mass is 35.5. The number of nitro benzene ring substituents is 1. The van der Waals surface area contributed by atoms with E-state index in [0.717, 1.165) is 4.31 Å². The van der Waals surface area contributed by atoms with Crippen LogP contribution in [0.2, 0.25) is 5.02 Å². The number of carbonyl (C=O) groups excluding carboxylic acids is 1. The maximum Gasteiger partial charge on any atom is 0.269 e. The van der Waals surface area contributed by atoms with Gasteiger partial charge in [-0.2, -0.15) is 5.10 Å². The number of anilines is 1. The van der Waals surface area contributed by atoms with Gasteiger partial charge in [0.25, 0.3) is 21.6 Å². The number of hydrogen-bond acceptors (Lipinski definition) is 6. The predicted molar refractivity (Wildman–Crippen MR) is 126 cm³/mol. The summed E-state index contributed by atoms with van der Waals surface area (Å²) < 4.78 is 27.4. The lowest BCUT2D eigenvalue weighted by Crippen LogP contribution is -2.40. The molecule has 0 atom stereocenters. The van der Waals surface area contributed by atoms with Gasteiger partial charge in [-0.25, -0.2) is 13.8 Å². The molecular weight excluding hydrogens is 468 g/mol. The molecule has 0 saturated carbocycles. The quantitative estimate of drug-likeness (QED) is 0.293. The highest BCUT2D eigenvalue weighted by Gasteiger charge is 2.28. The number of para-hydroxylation sites is 1. The second-order valence-corrected chi connectivity index (χ2v) is 9.08. The Labute approximate surface area is 195 Å². The van der Waals surface area contributed by atoms with Crippen LogP contribution in [0.4, 0.5) is 11.4 Å². The Morgan fingerprint density at radius 2 is 1.64 bits per heavy atom. The summed E-state index contributed by atoms with van der Waals surface area (Å²) in [7, 11) is -4.10. The molecule has 0 aliphatic rings. The fourth-order valence-electron chi connectivity index (χ4n) is 2.87. The van der Waals surface area contributed by atoms with Gasteiger partial charge >= 0.3 is 0 Å². The third kappa shape index (κ3) is 5.73. The molecule has 3 aromatic carbocycles. The summed E-state index contributed by atoms with van der Waals surface area (Å²) in [6.45, 7) is 1.03. The van der Waals surface area contributed by atoms with E-state index in [-0.39, 0.29) is 21.3 Å². The van der Waals surface area contributed by atoms with E-state index < -0.39 is 27.4 Å². The molecule has 0 aromatic heterocycles. The number of nitro groups is 1. The van der Waals surface area contributed by atoms with Gasteiger partial charge in [0.2, 0.25) is 0 Å². The van der Waals surface area contributed by atoms with Crippen LogP contribution >= 0.6 is 11.6 Å². The number of hydrazone groups is 1.